The molecule has 5 N–H and O–H groups in total. The van der Waals surface area contributed by atoms with E-state index in [2.05, 4.69) is 15.0 Å². The Hall–Kier alpha value is -1.93. The van der Waals surface area contributed by atoms with Gasteiger partial charge in [0.1, 0.15) is 12.8 Å². The van der Waals surface area contributed by atoms with E-state index >= 15 is 0 Å². The molecule has 2 heterocycles. The van der Waals surface area contributed by atoms with Gasteiger partial charge in [0, 0.05) is 6.54 Å². The van der Waals surface area contributed by atoms with Crippen molar-refractivity contribution in [2.24, 2.45) is 11.7 Å². The Morgan fingerprint density at radius 3 is 2.79 bits per heavy atom. The van der Waals surface area contributed by atoms with Gasteiger partial charge in [0.25, 0.3) is 0 Å². The molecule has 19 heavy (non-hydrogen) atoms. The van der Waals surface area contributed by atoms with Crippen LogP contribution in [0.2, 0.25) is 0 Å². The third-order valence-electron chi connectivity index (χ3n) is 2.64. The molecule has 2 rings (SSSR count). The first-order chi connectivity index (χ1) is 9.04. The van der Waals surface area contributed by atoms with Crippen LogP contribution in [0.4, 0.5) is 5.95 Å². The summed E-state index contributed by atoms with van der Waals surface area (Å²) in [6, 6.07) is 0. The van der Waals surface area contributed by atoms with E-state index in [4.69, 9.17) is 16.2 Å². The Balaban J connectivity index is 2.50. The van der Waals surface area contributed by atoms with E-state index in [9.17, 15) is 5.11 Å². The summed E-state index contributed by atoms with van der Waals surface area (Å²) in [6.07, 6.45) is 0.764. The van der Waals surface area contributed by atoms with Crippen molar-refractivity contribution in [1.82, 2.24) is 19.5 Å². The summed E-state index contributed by atoms with van der Waals surface area (Å²) >= 11 is 0. The Kier molecular flexibility index (Phi) is 3.82. The van der Waals surface area contributed by atoms with Crippen LogP contribution >= 0.6 is 0 Å². The molecular formula is C11H18N6O2. The molecule has 8 nitrogen and oxygen atoms in total. The largest absolute Gasteiger partial charge is 0.475 e. The van der Waals surface area contributed by atoms with Crippen molar-refractivity contribution in [1.29, 1.82) is 0 Å². The van der Waals surface area contributed by atoms with Crippen molar-refractivity contribution in [3.8, 4) is 5.88 Å². The van der Waals surface area contributed by atoms with E-state index in [1.165, 1.54) is 6.33 Å². The average molecular weight is 266 g/mol. The number of aliphatic hydroxyl groups excluding tert-OH is 1. The number of nitrogen functional groups attached to an aromatic ring is 1. The second-order valence-electron chi connectivity index (χ2n) is 4.51. The maximum absolute atomic E-state index is 10.1. The fraction of sp³-hybridized carbons (Fsp3) is 0.545. The van der Waals surface area contributed by atoms with Gasteiger partial charge in [-0.05, 0) is 5.92 Å². The maximum atomic E-state index is 10.1. The van der Waals surface area contributed by atoms with Crippen LogP contribution in [0.15, 0.2) is 6.33 Å². The SMILES string of the molecule is CC(C)C(O)n1cnc2c(OCCN)nc(N)nc21. The lowest BCUT2D eigenvalue weighted by Gasteiger charge is -2.16. The molecule has 2 aromatic heterocycles. The van der Waals surface area contributed by atoms with Crippen molar-refractivity contribution in [2.75, 3.05) is 18.9 Å². The van der Waals surface area contributed by atoms with Crippen molar-refractivity contribution < 1.29 is 9.84 Å². The number of nitrogens with two attached hydrogens (primary N) is 2. The molecule has 0 aliphatic carbocycles. The number of aromatic nitrogens is 4. The summed E-state index contributed by atoms with van der Waals surface area (Å²) in [5, 5.41) is 10.1. The molecule has 8 heteroatoms. The van der Waals surface area contributed by atoms with Gasteiger partial charge < -0.3 is 21.3 Å². The molecule has 1 unspecified atom stereocenters. The number of aliphatic hydroxyl groups is 1. The second-order valence-corrected chi connectivity index (χ2v) is 4.51. The zero-order chi connectivity index (χ0) is 14.0. The summed E-state index contributed by atoms with van der Waals surface area (Å²) in [5.41, 5.74) is 11.9. The molecule has 0 saturated carbocycles. The molecule has 0 spiro atoms. The van der Waals surface area contributed by atoms with Crippen LogP contribution in [0.5, 0.6) is 5.88 Å². The Morgan fingerprint density at radius 2 is 2.16 bits per heavy atom. The lowest BCUT2D eigenvalue weighted by molar-refractivity contribution is 0.0600. The molecule has 0 aromatic carbocycles. The first kappa shape index (κ1) is 13.5. The minimum Gasteiger partial charge on any atom is -0.475 e. The zero-order valence-corrected chi connectivity index (χ0v) is 10.9. The number of anilines is 1. The molecule has 0 aliphatic heterocycles. The van der Waals surface area contributed by atoms with Gasteiger partial charge in [-0.25, -0.2) is 4.98 Å². The van der Waals surface area contributed by atoms with E-state index in [0.29, 0.717) is 24.3 Å². The van der Waals surface area contributed by atoms with Gasteiger partial charge >= 0.3 is 0 Å². The van der Waals surface area contributed by atoms with Crippen molar-refractivity contribution in [2.45, 2.75) is 20.1 Å². The summed E-state index contributed by atoms with van der Waals surface area (Å²) < 4.78 is 6.94. The van der Waals surface area contributed by atoms with Crippen LogP contribution in [0.3, 0.4) is 0 Å². The van der Waals surface area contributed by atoms with Crippen LogP contribution in [0.25, 0.3) is 11.2 Å². The average Bonchev–Trinajstić information content (AvgIpc) is 2.78. The van der Waals surface area contributed by atoms with E-state index in [1.807, 2.05) is 13.8 Å². The lowest BCUT2D eigenvalue weighted by atomic mass is 10.2. The Bertz CT molecular complexity index is 568. The van der Waals surface area contributed by atoms with E-state index < -0.39 is 6.23 Å². The smallest absolute Gasteiger partial charge is 0.247 e. The maximum Gasteiger partial charge on any atom is 0.247 e. The fourth-order valence-corrected chi connectivity index (χ4v) is 1.68. The van der Waals surface area contributed by atoms with Gasteiger partial charge in [0.15, 0.2) is 11.2 Å². The first-order valence-corrected chi connectivity index (χ1v) is 6.05. The van der Waals surface area contributed by atoms with Crippen LogP contribution in [-0.2, 0) is 0 Å². The highest BCUT2D eigenvalue weighted by molar-refractivity contribution is 5.77. The van der Waals surface area contributed by atoms with E-state index in [1.54, 1.807) is 4.57 Å². The van der Waals surface area contributed by atoms with Crippen LogP contribution < -0.4 is 16.2 Å². The normalized spacial score (nSPS) is 13.1. The van der Waals surface area contributed by atoms with E-state index in [0.717, 1.165) is 0 Å². The molecule has 0 fully saturated rings. The zero-order valence-electron chi connectivity index (χ0n) is 10.9. The first-order valence-electron chi connectivity index (χ1n) is 6.05. The Labute approximate surface area is 110 Å². The highest BCUT2D eigenvalue weighted by atomic mass is 16.5. The van der Waals surface area contributed by atoms with Gasteiger partial charge in [-0.15, -0.1) is 0 Å². The summed E-state index contributed by atoms with van der Waals surface area (Å²) in [5.74, 6) is 0.363. The van der Waals surface area contributed by atoms with Gasteiger partial charge in [-0.3, -0.25) is 4.57 Å². The molecule has 0 amide bonds. The minimum atomic E-state index is -0.735. The number of ether oxygens (including phenoxy) is 1. The molecule has 1 atom stereocenters. The highest BCUT2D eigenvalue weighted by Crippen LogP contribution is 2.25. The standard InChI is InChI=1S/C11H18N6O2/c1-6(2)10(18)17-5-14-7-8(17)15-11(13)16-9(7)19-4-3-12/h5-6,10,18H,3-4,12H2,1-2H3,(H2,13,15,16). The topological polar surface area (TPSA) is 125 Å². The minimum absolute atomic E-state index is 0.0157. The molecule has 0 aliphatic rings. The monoisotopic (exact) mass is 266 g/mol. The third-order valence-corrected chi connectivity index (χ3v) is 2.64. The molecule has 0 bridgehead atoms. The summed E-state index contributed by atoms with van der Waals surface area (Å²) in [7, 11) is 0. The molecule has 0 radical (unpaired) electrons. The predicted octanol–water partition coefficient (Wildman–Crippen LogP) is -0.107. The van der Waals surface area contributed by atoms with Crippen LogP contribution in [0, 0.1) is 5.92 Å². The van der Waals surface area contributed by atoms with Gasteiger partial charge in [-0.1, -0.05) is 13.8 Å². The van der Waals surface area contributed by atoms with E-state index in [-0.39, 0.29) is 17.7 Å². The van der Waals surface area contributed by atoms with Gasteiger partial charge in [0.05, 0.1) is 6.33 Å². The van der Waals surface area contributed by atoms with Crippen molar-refractivity contribution in [3.63, 3.8) is 0 Å². The molecule has 0 saturated heterocycles. The molecule has 2 aromatic rings. The predicted molar refractivity (Wildman–Crippen MR) is 70.4 cm³/mol. The number of hydrogen-bond acceptors (Lipinski definition) is 7. The summed E-state index contributed by atoms with van der Waals surface area (Å²) in [6.45, 7) is 4.46. The number of nitrogens with zero attached hydrogens (tertiary/aromatic N) is 4. The fourth-order valence-electron chi connectivity index (χ4n) is 1.68. The number of rotatable bonds is 5. The number of imidazole rings is 1. The number of hydrogen-bond donors (Lipinski definition) is 3. The van der Waals surface area contributed by atoms with Crippen molar-refractivity contribution >= 4 is 17.1 Å². The third kappa shape index (κ3) is 2.59. The second kappa shape index (κ2) is 5.37. The van der Waals surface area contributed by atoms with Gasteiger partial charge in [-0.2, -0.15) is 9.97 Å². The Morgan fingerprint density at radius 1 is 1.42 bits per heavy atom. The van der Waals surface area contributed by atoms with Crippen LogP contribution in [-0.4, -0.2) is 37.8 Å². The number of fused-ring (bicyclic) bond motifs is 1. The summed E-state index contributed by atoms with van der Waals surface area (Å²) in [4.78, 5) is 12.3. The van der Waals surface area contributed by atoms with Crippen molar-refractivity contribution in [3.05, 3.63) is 6.33 Å². The molecular weight excluding hydrogens is 248 g/mol. The van der Waals surface area contributed by atoms with Gasteiger partial charge in [0.2, 0.25) is 11.8 Å². The quantitative estimate of drug-likeness (QED) is 0.689. The van der Waals surface area contributed by atoms with Crippen LogP contribution in [0.1, 0.15) is 20.1 Å². The molecule has 104 valence electrons. The highest BCUT2D eigenvalue weighted by Gasteiger charge is 2.19. The lowest BCUT2D eigenvalue weighted by Crippen LogP contribution is -2.15.